The average molecular weight is 398 g/mol. The molecule has 0 aromatic rings. The minimum absolute atomic E-state index is 0.0465. The molecular formula is C20H30O8. The van der Waals surface area contributed by atoms with E-state index in [2.05, 4.69) is 23.7 Å². The number of hydrogen-bond acceptors (Lipinski definition) is 8. The van der Waals surface area contributed by atoms with E-state index in [4.69, 9.17) is 19.7 Å². The molecule has 8 heteroatoms. The van der Waals surface area contributed by atoms with Gasteiger partial charge in [-0.1, -0.05) is 17.9 Å². The van der Waals surface area contributed by atoms with E-state index in [0.717, 1.165) is 6.42 Å². The predicted octanol–water partition coefficient (Wildman–Crippen LogP) is -1.33. The normalized spacial score (nSPS) is 28.3. The van der Waals surface area contributed by atoms with Crippen LogP contribution in [0.15, 0.2) is 12.2 Å². The Balaban J connectivity index is 2.24. The van der Waals surface area contributed by atoms with E-state index in [1.165, 1.54) is 6.08 Å². The molecule has 1 rings (SSSR count). The first-order chi connectivity index (χ1) is 13.5. The van der Waals surface area contributed by atoms with E-state index in [-0.39, 0.29) is 13.2 Å². The fourth-order valence-corrected chi connectivity index (χ4v) is 2.52. The van der Waals surface area contributed by atoms with Crippen LogP contribution in [0.3, 0.4) is 0 Å². The monoisotopic (exact) mass is 398 g/mol. The molecule has 0 bridgehead atoms. The molecule has 0 aromatic heterocycles. The van der Waals surface area contributed by atoms with E-state index in [1.54, 1.807) is 6.08 Å². The Kier molecular flexibility index (Phi) is 12.8. The molecule has 1 saturated heterocycles. The summed E-state index contributed by atoms with van der Waals surface area (Å²) >= 11 is 0. The third-order valence-corrected chi connectivity index (χ3v) is 4.18. The third kappa shape index (κ3) is 9.16. The van der Waals surface area contributed by atoms with Crippen LogP contribution in [0.2, 0.25) is 0 Å². The van der Waals surface area contributed by atoms with Crippen LogP contribution in [0.1, 0.15) is 32.1 Å². The summed E-state index contributed by atoms with van der Waals surface area (Å²) in [6.45, 7) is -0.321. The SMILES string of the molecule is OCCCCC(O)CCC#CC#CC=CCOC1OC(CO)C(O)C(O)C1O. The summed E-state index contributed by atoms with van der Waals surface area (Å²) in [4.78, 5) is 0. The number of hydrogen-bond donors (Lipinski definition) is 6. The van der Waals surface area contributed by atoms with E-state index in [1.807, 2.05) is 0 Å². The largest absolute Gasteiger partial charge is 0.396 e. The van der Waals surface area contributed by atoms with Gasteiger partial charge in [-0.2, -0.15) is 0 Å². The topological polar surface area (TPSA) is 140 Å². The number of rotatable bonds is 10. The Morgan fingerprint density at radius 2 is 1.79 bits per heavy atom. The molecule has 1 aliphatic rings. The second-order valence-corrected chi connectivity index (χ2v) is 6.42. The minimum Gasteiger partial charge on any atom is -0.396 e. The summed E-state index contributed by atoms with van der Waals surface area (Å²) in [5.74, 6) is 10.8. The summed E-state index contributed by atoms with van der Waals surface area (Å²) in [6.07, 6.45) is -0.551. The molecule has 0 radical (unpaired) electrons. The average Bonchev–Trinajstić information content (AvgIpc) is 2.69. The van der Waals surface area contributed by atoms with Gasteiger partial charge in [0.15, 0.2) is 6.29 Å². The van der Waals surface area contributed by atoms with Gasteiger partial charge in [-0.25, -0.2) is 0 Å². The van der Waals surface area contributed by atoms with Gasteiger partial charge in [0.05, 0.1) is 19.3 Å². The second-order valence-electron chi connectivity index (χ2n) is 6.42. The lowest BCUT2D eigenvalue weighted by atomic mass is 9.99. The van der Waals surface area contributed by atoms with Gasteiger partial charge >= 0.3 is 0 Å². The number of allylic oxidation sites excluding steroid dienone is 1. The summed E-state index contributed by atoms with van der Waals surface area (Å²) in [5, 5.41) is 56.6. The summed E-state index contributed by atoms with van der Waals surface area (Å²) in [5.41, 5.74) is 0. The molecule has 0 spiro atoms. The van der Waals surface area contributed by atoms with E-state index >= 15 is 0 Å². The molecule has 8 nitrogen and oxygen atoms in total. The lowest BCUT2D eigenvalue weighted by Gasteiger charge is -2.39. The Morgan fingerprint density at radius 3 is 2.50 bits per heavy atom. The van der Waals surface area contributed by atoms with Crippen molar-refractivity contribution >= 4 is 0 Å². The van der Waals surface area contributed by atoms with Gasteiger partial charge in [0.25, 0.3) is 0 Å². The molecule has 28 heavy (non-hydrogen) atoms. The molecule has 0 aliphatic carbocycles. The fourth-order valence-electron chi connectivity index (χ4n) is 2.52. The highest BCUT2D eigenvalue weighted by molar-refractivity contribution is 5.30. The Hall–Kier alpha value is -1.46. The van der Waals surface area contributed by atoms with Gasteiger partial charge in [-0.15, -0.1) is 0 Å². The molecule has 6 unspecified atom stereocenters. The summed E-state index contributed by atoms with van der Waals surface area (Å²) in [7, 11) is 0. The molecule has 1 aliphatic heterocycles. The van der Waals surface area contributed by atoms with Crippen LogP contribution in [-0.4, -0.2) is 87.3 Å². The predicted molar refractivity (Wildman–Crippen MR) is 101 cm³/mol. The first kappa shape index (κ1) is 24.6. The standard InChI is InChI=1S/C20H30O8/c21-12-8-7-11-15(23)10-6-4-2-1-3-5-9-13-27-20-19(26)18(25)17(24)16(14-22)28-20/h5,9,15-26H,6-8,10-14H2. The van der Waals surface area contributed by atoms with Crippen molar-refractivity contribution in [3.63, 3.8) is 0 Å². The molecule has 6 N–H and O–H groups in total. The Labute approximate surface area is 165 Å². The quantitative estimate of drug-likeness (QED) is 0.197. The Morgan fingerprint density at radius 1 is 1.00 bits per heavy atom. The van der Waals surface area contributed by atoms with Crippen LogP contribution in [-0.2, 0) is 9.47 Å². The number of aliphatic hydroxyl groups is 6. The smallest absolute Gasteiger partial charge is 0.187 e. The van der Waals surface area contributed by atoms with Gasteiger partial charge in [-0.05, 0) is 43.6 Å². The van der Waals surface area contributed by atoms with Crippen LogP contribution >= 0.6 is 0 Å². The molecule has 0 aromatic carbocycles. The molecule has 6 atom stereocenters. The van der Waals surface area contributed by atoms with E-state index in [0.29, 0.717) is 25.7 Å². The number of ether oxygens (including phenoxy) is 2. The van der Waals surface area contributed by atoms with Gasteiger partial charge in [0, 0.05) is 13.0 Å². The molecule has 0 saturated carbocycles. The van der Waals surface area contributed by atoms with Gasteiger partial charge in [0.2, 0.25) is 0 Å². The zero-order chi connectivity index (χ0) is 20.8. The van der Waals surface area contributed by atoms with Gasteiger partial charge in [-0.3, -0.25) is 0 Å². The minimum atomic E-state index is -1.47. The molecular weight excluding hydrogens is 368 g/mol. The zero-order valence-electron chi connectivity index (χ0n) is 15.8. The zero-order valence-corrected chi connectivity index (χ0v) is 15.8. The van der Waals surface area contributed by atoms with Crippen LogP contribution in [0.25, 0.3) is 0 Å². The van der Waals surface area contributed by atoms with Crippen molar-refractivity contribution in [2.75, 3.05) is 19.8 Å². The summed E-state index contributed by atoms with van der Waals surface area (Å²) in [6, 6.07) is 0. The first-order valence-electron chi connectivity index (χ1n) is 9.35. The molecule has 1 heterocycles. The number of unbranched alkanes of at least 4 members (excludes halogenated alkanes) is 1. The van der Waals surface area contributed by atoms with Crippen LogP contribution in [0.5, 0.6) is 0 Å². The lowest BCUT2D eigenvalue weighted by Crippen LogP contribution is -2.59. The van der Waals surface area contributed by atoms with Gasteiger partial charge < -0.3 is 40.1 Å². The fraction of sp³-hybridized carbons (Fsp3) is 0.700. The maximum absolute atomic E-state index is 9.80. The maximum atomic E-state index is 9.80. The Bertz CT molecular complexity index is 568. The highest BCUT2D eigenvalue weighted by Crippen LogP contribution is 2.21. The van der Waals surface area contributed by atoms with Crippen molar-refractivity contribution in [3.05, 3.63) is 12.2 Å². The van der Waals surface area contributed by atoms with Crippen molar-refractivity contribution in [2.45, 2.75) is 68.9 Å². The number of aliphatic hydroxyl groups excluding tert-OH is 6. The van der Waals surface area contributed by atoms with E-state index in [9.17, 15) is 20.4 Å². The van der Waals surface area contributed by atoms with Gasteiger partial charge in [0.1, 0.15) is 24.4 Å². The lowest BCUT2D eigenvalue weighted by molar-refractivity contribution is -0.298. The highest BCUT2D eigenvalue weighted by Gasteiger charge is 2.43. The van der Waals surface area contributed by atoms with Crippen molar-refractivity contribution in [1.82, 2.24) is 0 Å². The van der Waals surface area contributed by atoms with Crippen molar-refractivity contribution in [2.24, 2.45) is 0 Å². The van der Waals surface area contributed by atoms with E-state index < -0.39 is 43.4 Å². The van der Waals surface area contributed by atoms with Crippen LogP contribution in [0, 0.1) is 23.7 Å². The molecule has 158 valence electrons. The van der Waals surface area contributed by atoms with Crippen molar-refractivity contribution < 1.29 is 40.1 Å². The maximum Gasteiger partial charge on any atom is 0.187 e. The highest BCUT2D eigenvalue weighted by atomic mass is 16.7. The molecule has 0 amide bonds. The first-order valence-corrected chi connectivity index (χ1v) is 9.35. The summed E-state index contributed by atoms with van der Waals surface area (Å²) < 4.78 is 10.5. The molecule has 1 fully saturated rings. The third-order valence-electron chi connectivity index (χ3n) is 4.18. The van der Waals surface area contributed by atoms with Crippen molar-refractivity contribution in [1.29, 1.82) is 0 Å². The van der Waals surface area contributed by atoms with Crippen LogP contribution < -0.4 is 0 Å². The van der Waals surface area contributed by atoms with Crippen molar-refractivity contribution in [3.8, 4) is 23.7 Å². The second kappa shape index (κ2) is 14.5. The van der Waals surface area contributed by atoms with Crippen LogP contribution in [0.4, 0.5) is 0 Å².